The number of hydrogen-bond donors (Lipinski definition) is 2. The van der Waals surface area contributed by atoms with Crippen molar-refractivity contribution in [2.45, 2.75) is 25.3 Å². The third-order valence-electron chi connectivity index (χ3n) is 3.50. The maximum atomic E-state index is 11.4. The van der Waals surface area contributed by atoms with Crippen molar-refractivity contribution in [2.75, 3.05) is 31.7 Å². The Hall–Kier alpha value is -1.67. The molecule has 1 fully saturated rings. The molecule has 0 unspecified atom stereocenters. The first-order chi connectivity index (χ1) is 9.65. The highest BCUT2D eigenvalue weighted by Crippen LogP contribution is 2.23. The number of nitrogens with zero attached hydrogens (tertiary/aromatic N) is 3. The molecule has 0 radical (unpaired) electrons. The minimum absolute atomic E-state index is 0.0244. The van der Waals surface area contributed by atoms with Gasteiger partial charge in [0.25, 0.3) is 5.95 Å². The SMILES string of the molecule is COC(=O)C1CCN(c2noc([C@@H](N)CCO)n2)CC1. The number of nitrogens with two attached hydrogens (primary N) is 1. The Morgan fingerprint density at radius 2 is 2.30 bits per heavy atom. The highest BCUT2D eigenvalue weighted by molar-refractivity contribution is 5.72. The molecule has 0 spiro atoms. The van der Waals surface area contributed by atoms with Crippen LogP contribution in [0.4, 0.5) is 5.95 Å². The highest BCUT2D eigenvalue weighted by Gasteiger charge is 2.28. The number of aliphatic hydroxyl groups is 1. The Kier molecular flexibility index (Phi) is 4.91. The first-order valence-corrected chi connectivity index (χ1v) is 6.68. The molecule has 1 aliphatic heterocycles. The molecule has 2 heterocycles. The lowest BCUT2D eigenvalue weighted by molar-refractivity contribution is -0.146. The summed E-state index contributed by atoms with van der Waals surface area (Å²) in [5, 5.41) is 12.7. The van der Waals surface area contributed by atoms with Gasteiger partial charge in [0.1, 0.15) is 0 Å². The molecule has 1 saturated heterocycles. The van der Waals surface area contributed by atoms with Crippen molar-refractivity contribution >= 4 is 11.9 Å². The van der Waals surface area contributed by atoms with Gasteiger partial charge in [-0.25, -0.2) is 0 Å². The molecular weight excluding hydrogens is 264 g/mol. The fourth-order valence-electron chi connectivity index (χ4n) is 2.25. The van der Waals surface area contributed by atoms with Gasteiger partial charge < -0.3 is 25.0 Å². The first-order valence-electron chi connectivity index (χ1n) is 6.68. The predicted octanol–water partition coefficient (Wildman–Crippen LogP) is -0.159. The van der Waals surface area contributed by atoms with E-state index in [1.54, 1.807) is 0 Å². The quantitative estimate of drug-likeness (QED) is 0.717. The summed E-state index contributed by atoms with van der Waals surface area (Å²) < 4.78 is 9.84. The number of rotatable bonds is 5. The van der Waals surface area contributed by atoms with Gasteiger partial charge in [0.05, 0.1) is 19.1 Å². The summed E-state index contributed by atoms with van der Waals surface area (Å²) in [4.78, 5) is 17.6. The number of carbonyl (C=O) groups is 1. The first kappa shape index (κ1) is 14.7. The number of ether oxygens (including phenoxy) is 1. The number of methoxy groups -OCH3 is 1. The van der Waals surface area contributed by atoms with E-state index in [1.807, 2.05) is 4.90 Å². The van der Waals surface area contributed by atoms with E-state index in [0.29, 0.717) is 44.2 Å². The molecule has 1 aromatic heterocycles. The van der Waals surface area contributed by atoms with Gasteiger partial charge in [-0.1, -0.05) is 0 Å². The van der Waals surface area contributed by atoms with E-state index < -0.39 is 6.04 Å². The van der Waals surface area contributed by atoms with E-state index in [4.69, 9.17) is 20.1 Å². The van der Waals surface area contributed by atoms with Crippen molar-refractivity contribution in [3.8, 4) is 0 Å². The van der Waals surface area contributed by atoms with Gasteiger partial charge in [-0.3, -0.25) is 4.79 Å². The minimum atomic E-state index is -0.450. The van der Waals surface area contributed by atoms with Crippen LogP contribution in [0.15, 0.2) is 4.52 Å². The summed E-state index contributed by atoms with van der Waals surface area (Å²) in [6.07, 6.45) is 1.80. The van der Waals surface area contributed by atoms with Gasteiger partial charge >= 0.3 is 5.97 Å². The largest absolute Gasteiger partial charge is 0.469 e. The Balaban J connectivity index is 1.92. The summed E-state index contributed by atoms with van der Waals surface area (Å²) in [7, 11) is 1.41. The van der Waals surface area contributed by atoms with Crippen LogP contribution in [0.1, 0.15) is 31.2 Å². The summed E-state index contributed by atoms with van der Waals surface area (Å²) in [6, 6.07) is -0.450. The van der Waals surface area contributed by atoms with Crippen molar-refractivity contribution in [2.24, 2.45) is 11.7 Å². The summed E-state index contributed by atoms with van der Waals surface area (Å²) >= 11 is 0. The van der Waals surface area contributed by atoms with Crippen LogP contribution in [0.5, 0.6) is 0 Å². The third-order valence-corrected chi connectivity index (χ3v) is 3.50. The molecule has 1 aliphatic rings. The maximum absolute atomic E-state index is 11.4. The van der Waals surface area contributed by atoms with E-state index in [0.717, 1.165) is 0 Å². The van der Waals surface area contributed by atoms with Crippen LogP contribution in [-0.2, 0) is 9.53 Å². The molecule has 2 rings (SSSR count). The van der Waals surface area contributed by atoms with E-state index >= 15 is 0 Å². The fourth-order valence-corrected chi connectivity index (χ4v) is 2.25. The maximum Gasteiger partial charge on any atom is 0.308 e. The molecule has 1 aromatic rings. The molecule has 20 heavy (non-hydrogen) atoms. The number of aromatic nitrogens is 2. The lowest BCUT2D eigenvalue weighted by Crippen LogP contribution is -2.37. The van der Waals surface area contributed by atoms with E-state index in [-0.39, 0.29) is 18.5 Å². The molecule has 8 heteroatoms. The van der Waals surface area contributed by atoms with Crippen LogP contribution in [0, 0.1) is 5.92 Å². The number of hydrogen-bond acceptors (Lipinski definition) is 8. The van der Waals surface area contributed by atoms with Gasteiger partial charge in [-0.15, -0.1) is 0 Å². The molecule has 0 amide bonds. The molecule has 0 bridgehead atoms. The zero-order chi connectivity index (χ0) is 14.5. The number of esters is 1. The zero-order valence-electron chi connectivity index (χ0n) is 11.5. The van der Waals surface area contributed by atoms with Crippen LogP contribution in [0.3, 0.4) is 0 Å². The molecule has 0 saturated carbocycles. The Morgan fingerprint density at radius 3 is 2.90 bits per heavy atom. The molecular formula is C12H20N4O4. The summed E-state index contributed by atoms with van der Waals surface area (Å²) in [5.74, 6) is 0.587. The number of anilines is 1. The van der Waals surface area contributed by atoms with Gasteiger partial charge in [0.2, 0.25) is 5.89 Å². The van der Waals surface area contributed by atoms with Crippen LogP contribution in [0.2, 0.25) is 0 Å². The third kappa shape index (κ3) is 3.26. The molecule has 0 aromatic carbocycles. The number of piperidine rings is 1. The zero-order valence-corrected chi connectivity index (χ0v) is 11.5. The van der Waals surface area contributed by atoms with Crippen LogP contribution in [-0.4, -0.2) is 48.0 Å². The average Bonchev–Trinajstić information content (AvgIpc) is 2.97. The van der Waals surface area contributed by atoms with Gasteiger partial charge in [0.15, 0.2) is 0 Å². The monoisotopic (exact) mass is 284 g/mol. The Labute approximate surface area is 116 Å². The van der Waals surface area contributed by atoms with E-state index in [2.05, 4.69) is 10.1 Å². The Morgan fingerprint density at radius 1 is 1.60 bits per heavy atom. The lowest BCUT2D eigenvalue weighted by atomic mass is 9.97. The van der Waals surface area contributed by atoms with Crippen molar-refractivity contribution in [1.29, 1.82) is 0 Å². The second kappa shape index (κ2) is 6.67. The van der Waals surface area contributed by atoms with E-state index in [1.165, 1.54) is 7.11 Å². The minimum Gasteiger partial charge on any atom is -0.469 e. The van der Waals surface area contributed by atoms with Gasteiger partial charge in [-0.05, 0) is 24.4 Å². The summed E-state index contributed by atoms with van der Waals surface area (Å²) in [5.41, 5.74) is 5.79. The van der Waals surface area contributed by atoms with Crippen LogP contribution >= 0.6 is 0 Å². The second-order valence-corrected chi connectivity index (χ2v) is 4.84. The lowest BCUT2D eigenvalue weighted by Gasteiger charge is -2.29. The molecule has 1 atom stereocenters. The number of aliphatic hydroxyl groups excluding tert-OH is 1. The summed E-state index contributed by atoms with van der Waals surface area (Å²) in [6.45, 7) is 1.32. The van der Waals surface area contributed by atoms with Crippen molar-refractivity contribution in [3.63, 3.8) is 0 Å². The fraction of sp³-hybridized carbons (Fsp3) is 0.750. The molecule has 3 N–H and O–H groups in total. The number of carbonyl (C=O) groups excluding carboxylic acids is 1. The molecule has 112 valence electrons. The standard InChI is InChI=1S/C12H20N4O4/c1-19-11(18)8-2-5-16(6-3-8)12-14-10(20-15-12)9(13)4-7-17/h8-9,17H,2-7,13H2,1H3/t9-/m0/s1. The van der Waals surface area contributed by atoms with Crippen molar-refractivity contribution < 1.29 is 19.2 Å². The molecule has 8 nitrogen and oxygen atoms in total. The Bertz CT molecular complexity index is 442. The van der Waals surface area contributed by atoms with E-state index in [9.17, 15) is 4.79 Å². The van der Waals surface area contributed by atoms with Gasteiger partial charge in [-0.2, -0.15) is 4.98 Å². The smallest absolute Gasteiger partial charge is 0.308 e. The average molecular weight is 284 g/mol. The van der Waals surface area contributed by atoms with Crippen LogP contribution in [0.25, 0.3) is 0 Å². The van der Waals surface area contributed by atoms with Gasteiger partial charge in [0, 0.05) is 19.7 Å². The normalized spacial score (nSPS) is 18.1. The highest BCUT2D eigenvalue weighted by atomic mass is 16.5. The second-order valence-electron chi connectivity index (χ2n) is 4.84. The predicted molar refractivity (Wildman–Crippen MR) is 69.9 cm³/mol. The van der Waals surface area contributed by atoms with Crippen molar-refractivity contribution in [3.05, 3.63) is 5.89 Å². The molecule has 0 aliphatic carbocycles. The topological polar surface area (TPSA) is 115 Å². The van der Waals surface area contributed by atoms with Crippen LogP contribution < -0.4 is 10.6 Å². The van der Waals surface area contributed by atoms with Crippen molar-refractivity contribution in [1.82, 2.24) is 10.1 Å².